The Labute approximate surface area is 158 Å². The van der Waals surface area contributed by atoms with Crippen LogP contribution in [0.15, 0.2) is 53.4 Å². The summed E-state index contributed by atoms with van der Waals surface area (Å²) in [5.41, 5.74) is 0.548. The minimum Gasteiger partial charge on any atom is -0.497 e. The molecular weight excluding hydrogens is 376 g/mol. The van der Waals surface area contributed by atoms with Crippen LogP contribution in [0.5, 0.6) is 5.75 Å². The van der Waals surface area contributed by atoms with E-state index >= 15 is 0 Å². The topological polar surface area (TPSA) is 84.5 Å². The molecule has 2 aromatic rings. The SMILES string of the molecule is COc1ccc(NC(=O)[C@@H](NS(=O)(=O)c2ccc(Cl)cc2)C(C)C)cc1. The number of benzene rings is 2. The van der Waals surface area contributed by atoms with Gasteiger partial charge in [0.25, 0.3) is 0 Å². The standard InChI is InChI=1S/C18H21ClN2O4S/c1-12(2)17(18(22)20-14-6-8-15(25-3)9-7-14)21-26(23,24)16-10-4-13(19)5-11-16/h4-12,17,21H,1-3H3,(H,20,22)/t17-/m0/s1. The molecule has 0 unspecified atom stereocenters. The molecule has 2 N–H and O–H groups in total. The lowest BCUT2D eigenvalue weighted by Gasteiger charge is -2.21. The fraction of sp³-hybridized carbons (Fsp3) is 0.278. The first-order valence-electron chi connectivity index (χ1n) is 7.96. The fourth-order valence-electron chi connectivity index (χ4n) is 2.24. The predicted octanol–water partition coefficient (Wildman–Crippen LogP) is 3.29. The van der Waals surface area contributed by atoms with Crippen LogP contribution in [0.25, 0.3) is 0 Å². The van der Waals surface area contributed by atoms with E-state index in [9.17, 15) is 13.2 Å². The number of methoxy groups -OCH3 is 1. The van der Waals surface area contributed by atoms with Crippen molar-refractivity contribution < 1.29 is 17.9 Å². The van der Waals surface area contributed by atoms with Gasteiger partial charge < -0.3 is 10.1 Å². The van der Waals surface area contributed by atoms with Crippen LogP contribution in [-0.4, -0.2) is 27.5 Å². The first kappa shape index (κ1) is 20.2. The minimum absolute atomic E-state index is 0.0461. The summed E-state index contributed by atoms with van der Waals surface area (Å²) in [7, 11) is -2.31. The number of hydrogen-bond acceptors (Lipinski definition) is 4. The van der Waals surface area contributed by atoms with Crippen LogP contribution in [0.1, 0.15) is 13.8 Å². The molecule has 0 aliphatic carbocycles. The van der Waals surface area contributed by atoms with E-state index in [-0.39, 0.29) is 10.8 Å². The number of anilines is 1. The molecule has 140 valence electrons. The van der Waals surface area contributed by atoms with E-state index in [4.69, 9.17) is 16.3 Å². The Kier molecular flexibility index (Phi) is 6.63. The summed E-state index contributed by atoms with van der Waals surface area (Å²) in [6.07, 6.45) is 0. The summed E-state index contributed by atoms with van der Waals surface area (Å²) in [6, 6.07) is 11.6. The number of ether oxygens (including phenoxy) is 1. The lowest BCUT2D eigenvalue weighted by Crippen LogP contribution is -2.47. The number of sulfonamides is 1. The predicted molar refractivity (Wildman–Crippen MR) is 102 cm³/mol. The van der Waals surface area contributed by atoms with Gasteiger partial charge in [-0.1, -0.05) is 25.4 Å². The van der Waals surface area contributed by atoms with Crippen LogP contribution in [0, 0.1) is 5.92 Å². The van der Waals surface area contributed by atoms with Crippen LogP contribution in [-0.2, 0) is 14.8 Å². The summed E-state index contributed by atoms with van der Waals surface area (Å²) in [5, 5.41) is 3.15. The van der Waals surface area contributed by atoms with E-state index in [0.717, 1.165) is 0 Å². The molecule has 8 heteroatoms. The highest BCUT2D eigenvalue weighted by atomic mass is 35.5. The van der Waals surface area contributed by atoms with Crippen molar-refractivity contribution in [3.05, 3.63) is 53.6 Å². The maximum absolute atomic E-state index is 12.6. The van der Waals surface area contributed by atoms with Crippen molar-refractivity contribution in [1.82, 2.24) is 4.72 Å². The molecule has 0 spiro atoms. The number of amides is 1. The molecule has 0 radical (unpaired) electrons. The Morgan fingerprint density at radius 3 is 2.12 bits per heavy atom. The Morgan fingerprint density at radius 1 is 1.04 bits per heavy atom. The molecule has 26 heavy (non-hydrogen) atoms. The second-order valence-corrected chi connectivity index (χ2v) is 8.17. The lowest BCUT2D eigenvalue weighted by atomic mass is 10.0. The molecule has 1 atom stereocenters. The highest BCUT2D eigenvalue weighted by molar-refractivity contribution is 7.89. The van der Waals surface area contributed by atoms with E-state index in [2.05, 4.69) is 10.0 Å². The van der Waals surface area contributed by atoms with Crippen molar-refractivity contribution in [2.75, 3.05) is 12.4 Å². The number of carbonyl (C=O) groups excluding carboxylic acids is 1. The van der Waals surface area contributed by atoms with Crippen LogP contribution < -0.4 is 14.8 Å². The minimum atomic E-state index is -3.86. The quantitative estimate of drug-likeness (QED) is 0.752. The fourth-order valence-corrected chi connectivity index (χ4v) is 3.71. The number of nitrogens with one attached hydrogen (secondary N) is 2. The largest absolute Gasteiger partial charge is 0.497 e. The zero-order valence-electron chi connectivity index (χ0n) is 14.7. The normalized spacial score (nSPS) is 12.7. The van der Waals surface area contributed by atoms with E-state index in [1.165, 1.54) is 24.3 Å². The summed E-state index contributed by atoms with van der Waals surface area (Å²) in [5.74, 6) is -0.0371. The third-order valence-corrected chi connectivity index (χ3v) is 5.42. The Bertz CT molecular complexity index is 850. The molecule has 0 bridgehead atoms. The number of halogens is 1. The van der Waals surface area contributed by atoms with Gasteiger partial charge in [0.05, 0.1) is 12.0 Å². The number of carbonyl (C=O) groups is 1. The van der Waals surface area contributed by atoms with E-state index in [1.807, 2.05) is 0 Å². The van der Waals surface area contributed by atoms with Gasteiger partial charge in [-0.25, -0.2) is 8.42 Å². The zero-order valence-corrected chi connectivity index (χ0v) is 16.3. The Hall–Kier alpha value is -2.09. The van der Waals surface area contributed by atoms with Gasteiger partial charge in [0.1, 0.15) is 11.8 Å². The smallest absolute Gasteiger partial charge is 0.242 e. The van der Waals surface area contributed by atoms with Crippen molar-refractivity contribution in [2.24, 2.45) is 5.92 Å². The molecule has 2 aromatic carbocycles. The Balaban J connectivity index is 2.16. The summed E-state index contributed by atoms with van der Waals surface area (Å²) in [4.78, 5) is 12.6. The molecule has 0 heterocycles. The summed E-state index contributed by atoms with van der Waals surface area (Å²) in [6.45, 7) is 3.53. The zero-order chi connectivity index (χ0) is 19.3. The lowest BCUT2D eigenvalue weighted by molar-refractivity contribution is -0.118. The molecule has 1 amide bonds. The average Bonchev–Trinajstić information content (AvgIpc) is 2.60. The highest BCUT2D eigenvalue weighted by Gasteiger charge is 2.28. The van der Waals surface area contributed by atoms with Crippen LogP contribution in [0.2, 0.25) is 5.02 Å². The molecule has 2 rings (SSSR count). The first-order valence-corrected chi connectivity index (χ1v) is 9.82. The molecule has 0 aromatic heterocycles. The molecule has 6 nitrogen and oxygen atoms in total. The number of rotatable bonds is 7. The van der Waals surface area contributed by atoms with Gasteiger partial charge >= 0.3 is 0 Å². The van der Waals surface area contributed by atoms with Gasteiger partial charge in [-0.05, 0) is 54.4 Å². The monoisotopic (exact) mass is 396 g/mol. The third kappa shape index (κ3) is 5.20. The average molecular weight is 397 g/mol. The van der Waals surface area contributed by atoms with Crippen LogP contribution in [0.3, 0.4) is 0 Å². The maximum atomic E-state index is 12.6. The van der Waals surface area contributed by atoms with E-state index in [1.54, 1.807) is 45.2 Å². The van der Waals surface area contributed by atoms with Gasteiger partial charge in [-0.15, -0.1) is 0 Å². The van der Waals surface area contributed by atoms with Crippen molar-refractivity contribution in [2.45, 2.75) is 24.8 Å². The molecule has 0 saturated carbocycles. The van der Waals surface area contributed by atoms with Gasteiger partial charge in [-0.3, -0.25) is 4.79 Å². The second kappa shape index (κ2) is 8.53. The number of hydrogen-bond donors (Lipinski definition) is 2. The molecule has 0 aliphatic heterocycles. The first-order chi connectivity index (χ1) is 12.2. The van der Waals surface area contributed by atoms with Crippen molar-refractivity contribution in [3.63, 3.8) is 0 Å². The van der Waals surface area contributed by atoms with E-state index < -0.39 is 22.0 Å². The second-order valence-electron chi connectivity index (χ2n) is 6.01. The van der Waals surface area contributed by atoms with Crippen molar-refractivity contribution >= 4 is 33.2 Å². The van der Waals surface area contributed by atoms with Gasteiger partial charge in [0.15, 0.2) is 0 Å². The van der Waals surface area contributed by atoms with Crippen molar-refractivity contribution in [3.8, 4) is 5.75 Å². The highest BCUT2D eigenvalue weighted by Crippen LogP contribution is 2.18. The van der Waals surface area contributed by atoms with Crippen molar-refractivity contribution in [1.29, 1.82) is 0 Å². The summed E-state index contributed by atoms with van der Waals surface area (Å²) >= 11 is 5.79. The molecular formula is C18H21ClN2O4S. The van der Waals surface area contributed by atoms with Crippen LogP contribution >= 0.6 is 11.6 Å². The third-order valence-electron chi connectivity index (χ3n) is 3.71. The molecule has 0 fully saturated rings. The van der Waals surface area contributed by atoms with E-state index in [0.29, 0.717) is 16.5 Å². The molecule has 0 aliphatic rings. The van der Waals surface area contributed by atoms with Crippen LogP contribution in [0.4, 0.5) is 5.69 Å². The van der Waals surface area contributed by atoms with Gasteiger partial charge in [0, 0.05) is 10.7 Å². The maximum Gasteiger partial charge on any atom is 0.242 e. The summed E-state index contributed by atoms with van der Waals surface area (Å²) < 4.78 is 32.6. The Morgan fingerprint density at radius 2 is 1.62 bits per heavy atom. The molecule has 0 saturated heterocycles. The van der Waals surface area contributed by atoms with Gasteiger partial charge in [0.2, 0.25) is 15.9 Å². The van der Waals surface area contributed by atoms with Gasteiger partial charge in [-0.2, -0.15) is 4.72 Å².